The van der Waals surface area contributed by atoms with Crippen molar-refractivity contribution in [3.8, 4) is 5.75 Å². The molecule has 0 radical (unpaired) electrons. The molecule has 0 spiro atoms. The van der Waals surface area contributed by atoms with Crippen molar-refractivity contribution in [2.45, 2.75) is 65.6 Å². The Bertz CT molecular complexity index is 1120. The van der Waals surface area contributed by atoms with Crippen molar-refractivity contribution in [1.29, 1.82) is 0 Å². The van der Waals surface area contributed by atoms with Gasteiger partial charge in [0.15, 0.2) is 0 Å². The molecule has 0 aliphatic heterocycles. The maximum Gasteiger partial charge on any atom is 0.243 e. The minimum Gasteiger partial charge on any atom is -0.497 e. The summed E-state index contributed by atoms with van der Waals surface area (Å²) in [4.78, 5) is 28.0. The van der Waals surface area contributed by atoms with E-state index in [1.54, 1.807) is 29.2 Å². The maximum absolute atomic E-state index is 13.4. The molecule has 0 unspecified atom stereocenters. The van der Waals surface area contributed by atoms with E-state index in [0.29, 0.717) is 30.8 Å². The van der Waals surface area contributed by atoms with E-state index in [4.69, 9.17) is 4.74 Å². The molecule has 1 N–H and O–H groups in total. The molecule has 1 atom stereocenters. The van der Waals surface area contributed by atoms with E-state index in [9.17, 15) is 18.0 Å². The largest absolute Gasteiger partial charge is 0.497 e. The molecular formula is C27H39N3O5S. The molecule has 0 aliphatic carbocycles. The molecule has 0 heterocycles. The Balaban J connectivity index is 2.22. The summed E-state index contributed by atoms with van der Waals surface area (Å²) in [5.41, 5.74) is 2.52. The second-order valence-corrected chi connectivity index (χ2v) is 11.1. The summed E-state index contributed by atoms with van der Waals surface area (Å²) in [5, 5.41) is 2.92. The number of carbonyl (C=O) groups excluding carboxylic acids is 2. The summed E-state index contributed by atoms with van der Waals surface area (Å²) in [6.45, 7) is 8.08. The Kier molecular flexibility index (Phi) is 10.8. The van der Waals surface area contributed by atoms with Crippen molar-refractivity contribution in [2.75, 3.05) is 24.2 Å². The summed E-state index contributed by atoms with van der Waals surface area (Å²) in [6, 6.07) is 14.0. The van der Waals surface area contributed by atoms with E-state index >= 15 is 0 Å². The molecule has 2 amide bonds. The monoisotopic (exact) mass is 517 g/mol. The molecule has 2 rings (SSSR count). The Hall–Kier alpha value is -3.07. The second-order valence-electron chi connectivity index (χ2n) is 9.23. The molecular weight excluding hydrogens is 478 g/mol. The third-order valence-electron chi connectivity index (χ3n) is 5.78. The van der Waals surface area contributed by atoms with Gasteiger partial charge in [-0.3, -0.25) is 13.9 Å². The minimum atomic E-state index is -3.57. The van der Waals surface area contributed by atoms with Crippen LogP contribution in [-0.4, -0.2) is 57.1 Å². The number of amides is 2. The van der Waals surface area contributed by atoms with Crippen LogP contribution in [0.1, 0.15) is 51.2 Å². The Morgan fingerprint density at radius 1 is 1.08 bits per heavy atom. The van der Waals surface area contributed by atoms with E-state index in [1.165, 1.54) is 11.4 Å². The van der Waals surface area contributed by atoms with Crippen LogP contribution in [0.3, 0.4) is 0 Å². The zero-order valence-corrected chi connectivity index (χ0v) is 23.0. The first-order chi connectivity index (χ1) is 17.0. The SMILES string of the molecule is CC[C@H](C(=O)NC(C)C)N(Cc1ccc(C)cc1)C(=O)CCCN(c1cccc(OC)c1)S(C)(=O)=O. The average Bonchev–Trinajstić information content (AvgIpc) is 2.81. The van der Waals surface area contributed by atoms with E-state index in [0.717, 1.165) is 17.4 Å². The second kappa shape index (κ2) is 13.3. The van der Waals surface area contributed by atoms with Crippen molar-refractivity contribution in [3.63, 3.8) is 0 Å². The average molecular weight is 518 g/mol. The lowest BCUT2D eigenvalue weighted by molar-refractivity contribution is -0.141. The molecule has 0 aliphatic rings. The topological polar surface area (TPSA) is 96.0 Å². The predicted octanol–water partition coefficient (Wildman–Crippen LogP) is 3.88. The molecule has 198 valence electrons. The highest BCUT2D eigenvalue weighted by Gasteiger charge is 2.29. The Labute approximate surface area is 215 Å². The summed E-state index contributed by atoms with van der Waals surface area (Å²) in [6.07, 6.45) is 2.01. The van der Waals surface area contributed by atoms with Crippen LogP contribution in [0, 0.1) is 6.92 Å². The van der Waals surface area contributed by atoms with Crippen molar-refractivity contribution in [2.24, 2.45) is 0 Å². The van der Waals surface area contributed by atoms with Crippen LogP contribution in [0.5, 0.6) is 5.75 Å². The number of methoxy groups -OCH3 is 1. The van der Waals surface area contributed by atoms with Gasteiger partial charge in [-0.05, 0) is 51.3 Å². The molecule has 0 saturated heterocycles. The van der Waals surface area contributed by atoms with Crippen LogP contribution in [0.25, 0.3) is 0 Å². The van der Waals surface area contributed by atoms with Gasteiger partial charge in [0.1, 0.15) is 11.8 Å². The fraction of sp³-hybridized carbons (Fsp3) is 0.481. The van der Waals surface area contributed by atoms with Gasteiger partial charge >= 0.3 is 0 Å². The third kappa shape index (κ3) is 8.55. The number of hydrogen-bond acceptors (Lipinski definition) is 5. The summed E-state index contributed by atoms with van der Waals surface area (Å²) < 4.78 is 31.5. The fourth-order valence-electron chi connectivity index (χ4n) is 3.96. The predicted molar refractivity (Wildman–Crippen MR) is 144 cm³/mol. The van der Waals surface area contributed by atoms with Gasteiger partial charge in [0.2, 0.25) is 21.8 Å². The zero-order chi connectivity index (χ0) is 26.9. The lowest BCUT2D eigenvalue weighted by Crippen LogP contribution is -2.50. The van der Waals surface area contributed by atoms with Crippen LogP contribution in [0.2, 0.25) is 0 Å². The number of nitrogens with one attached hydrogen (secondary N) is 1. The molecule has 0 saturated carbocycles. The number of sulfonamides is 1. The molecule has 2 aromatic rings. The van der Waals surface area contributed by atoms with Gasteiger partial charge in [-0.1, -0.05) is 42.8 Å². The highest BCUT2D eigenvalue weighted by Crippen LogP contribution is 2.24. The number of carbonyl (C=O) groups is 2. The third-order valence-corrected chi connectivity index (χ3v) is 6.98. The lowest BCUT2D eigenvalue weighted by atomic mass is 10.1. The Morgan fingerprint density at radius 2 is 1.75 bits per heavy atom. The van der Waals surface area contributed by atoms with Gasteiger partial charge in [0.05, 0.1) is 19.1 Å². The van der Waals surface area contributed by atoms with Gasteiger partial charge in [0.25, 0.3) is 0 Å². The van der Waals surface area contributed by atoms with Crippen molar-refractivity contribution in [1.82, 2.24) is 10.2 Å². The van der Waals surface area contributed by atoms with Gasteiger partial charge in [0, 0.05) is 31.6 Å². The van der Waals surface area contributed by atoms with Crippen LogP contribution in [0.15, 0.2) is 48.5 Å². The summed E-state index contributed by atoms with van der Waals surface area (Å²) in [7, 11) is -2.05. The zero-order valence-electron chi connectivity index (χ0n) is 22.2. The molecule has 0 aromatic heterocycles. The molecule has 2 aromatic carbocycles. The van der Waals surface area contributed by atoms with Crippen LogP contribution >= 0.6 is 0 Å². The number of aryl methyl sites for hydroxylation is 1. The number of hydrogen-bond donors (Lipinski definition) is 1. The highest BCUT2D eigenvalue weighted by molar-refractivity contribution is 7.92. The molecule has 36 heavy (non-hydrogen) atoms. The van der Waals surface area contributed by atoms with E-state index in [2.05, 4.69) is 5.32 Å². The van der Waals surface area contributed by atoms with E-state index < -0.39 is 16.1 Å². The maximum atomic E-state index is 13.4. The summed E-state index contributed by atoms with van der Waals surface area (Å²) in [5.74, 6) is 0.158. The first kappa shape index (κ1) is 29.2. The first-order valence-corrected chi connectivity index (χ1v) is 14.1. The minimum absolute atomic E-state index is 0.0472. The fourth-order valence-corrected chi connectivity index (χ4v) is 4.92. The normalized spacial score (nSPS) is 12.2. The quantitative estimate of drug-likeness (QED) is 0.435. The smallest absolute Gasteiger partial charge is 0.243 e. The molecule has 0 fully saturated rings. The number of rotatable bonds is 13. The lowest BCUT2D eigenvalue weighted by Gasteiger charge is -2.31. The highest BCUT2D eigenvalue weighted by atomic mass is 32.2. The van der Waals surface area contributed by atoms with Crippen LogP contribution in [-0.2, 0) is 26.2 Å². The van der Waals surface area contributed by atoms with E-state index in [1.807, 2.05) is 52.0 Å². The standard InChI is InChI=1S/C27H39N3O5S/c1-7-25(27(32)28-20(2)3)29(19-22-15-13-21(4)14-16-22)26(31)12-9-17-30(36(6,33)34)23-10-8-11-24(18-23)35-5/h8,10-11,13-16,18,20,25H,7,9,12,17,19H2,1-6H3,(H,28,32)/t25-/m1/s1. The molecule has 8 nitrogen and oxygen atoms in total. The summed E-state index contributed by atoms with van der Waals surface area (Å²) >= 11 is 0. The van der Waals surface area contributed by atoms with Crippen LogP contribution in [0.4, 0.5) is 5.69 Å². The number of ether oxygens (including phenoxy) is 1. The van der Waals surface area contributed by atoms with Crippen molar-refractivity contribution in [3.05, 3.63) is 59.7 Å². The first-order valence-electron chi connectivity index (χ1n) is 12.2. The molecule has 0 bridgehead atoms. The van der Waals surface area contributed by atoms with Gasteiger partial charge in [-0.25, -0.2) is 8.42 Å². The van der Waals surface area contributed by atoms with Crippen LogP contribution < -0.4 is 14.4 Å². The van der Waals surface area contributed by atoms with Crippen molar-refractivity contribution < 1.29 is 22.7 Å². The molecule has 9 heteroatoms. The van der Waals surface area contributed by atoms with Gasteiger partial charge < -0.3 is 15.0 Å². The number of benzene rings is 2. The number of anilines is 1. The van der Waals surface area contributed by atoms with E-state index in [-0.39, 0.29) is 30.8 Å². The number of nitrogens with zero attached hydrogens (tertiary/aromatic N) is 2. The van der Waals surface area contributed by atoms with Gasteiger partial charge in [-0.2, -0.15) is 0 Å². The Morgan fingerprint density at radius 3 is 2.31 bits per heavy atom. The van der Waals surface area contributed by atoms with Crippen molar-refractivity contribution >= 4 is 27.5 Å². The van der Waals surface area contributed by atoms with Gasteiger partial charge in [-0.15, -0.1) is 0 Å².